The van der Waals surface area contributed by atoms with Crippen LogP contribution in [0.5, 0.6) is 0 Å². The molecule has 4 rings (SSSR count). The smallest absolute Gasteiger partial charge is 0.164 e. The number of benzene rings is 2. The maximum absolute atomic E-state index is 4.72. The van der Waals surface area contributed by atoms with Crippen molar-refractivity contribution < 1.29 is 4.63 Å². The predicted octanol–water partition coefficient (Wildman–Crippen LogP) is 2.72. The van der Waals surface area contributed by atoms with Gasteiger partial charge in [0.15, 0.2) is 5.52 Å². The van der Waals surface area contributed by atoms with Crippen molar-refractivity contribution in [1.82, 2.24) is 25.3 Å². The normalized spacial score (nSPS) is 11.4. The number of nitrogens with zero attached hydrogens (tertiary/aromatic N) is 5. The van der Waals surface area contributed by atoms with Gasteiger partial charge in [-0.05, 0) is 46.7 Å². The highest BCUT2D eigenvalue weighted by Crippen LogP contribution is 2.21. The lowest BCUT2D eigenvalue weighted by Crippen LogP contribution is -1.97. The van der Waals surface area contributed by atoms with Crippen molar-refractivity contribution in [2.24, 2.45) is 0 Å². The van der Waals surface area contributed by atoms with Crippen molar-refractivity contribution in [3.8, 4) is 5.69 Å². The predicted molar refractivity (Wildman–Crippen MR) is 71.9 cm³/mol. The maximum Gasteiger partial charge on any atom is 0.164 e. The Hall–Kier alpha value is -2.28. The van der Waals surface area contributed by atoms with Crippen LogP contribution in [0.4, 0.5) is 0 Å². The Morgan fingerprint density at radius 1 is 0.842 bits per heavy atom. The van der Waals surface area contributed by atoms with E-state index in [1.807, 2.05) is 36.4 Å². The first-order valence-corrected chi connectivity index (χ1v) is 6.35. The third-order valence-corrected chi connectivity index (χ3v) is 3.36. The van der Waals surface area contributed by atoms with Crippen LogP contribution >= 0.6 is 15.9 Å². The van der Waals surface area contributed by atoms with Crippen LogP contribution in [0.1, 0.15) is 0 Å². The fraction of sp³-hybridized carbons (Fsp3) is 0. The molecule has 4 aromatic rings. The van der Waals surface area contributed by atoms with Crippen molar-refractivity contribution in [3.05, 3.63) is 40.9 Å². The Kier molecular flexibility index (Phi) is 2.16. The Balaban J connectivity index is 1.98. The minimum Gasteiger partial charge on any atom is -0.243 e. The van der Waals surface area contributed by atoms with Gasteiger partial charge in [-0.1, -0.05) is 15.9 Å². The average Bonchev–Trinajstić information content (AvgIpc) is 3.04. The largest absolute Gasteiger partial charge is 0.243 e. The molecule has 0 amide bonds. The lowest BCUT2D eigenvalue weighted by molar-refractivity contribution is 0.315. The fourth-order valence-corrected chi connectivity index (χ4v) is 2.18. The summed E-state index contributed by atoms with van der Waals surface area (Å²) in [6.07, 6.45) is 0. The first-order chi connectivity index (χ1) is 9.31. The van der Waals surface area contributed by atoms with E-state index in [1.165, 1.54) is 0 Å². The SMILES string of the molecule is Brc1ccc(-n2nc3ccc4nonc4c3n2)cc1. The van der Waals surface area contributed by atoms with Gasteiger partial charge < -0.3 is 0 Å². The first kappa shape index (κ1) is 10.6. The third-order valence-electron chi connectivity index (χ3n) is 2.83. The first-order valence-electron chi connectivity index (χ1n) is 5.55. The number of rotatable bonds is 1. The second-order valence-electron chi connectivity index (χ2n) is 4.03. The highest BCUT2D eigenvalue weighted by molar-refractivity contribution is 9.10. The second-order valence-corrected chi connectivity index (χ2v) is 4.95. The third kappa shape index (κ3) is 1.62. The molecule has 0 bridgehead atoms. The van der Waals surface area contributed by atoms with Gasteiger partial charge in [0.1, 0.15) is 16.6 Å². The quantitative estimate of drug-likeness (QED) is 0.540. The monoisotopic (exact) mass is 315 g/mol. The minimum atomic E-state index is 0.626. The van der Waals surface area contributed by atoms with E-state index in [0.29, 0.717) is 16.6 Å². The summed E-state index contributed by atoms with van der Waals surface area (Å²) in [6.45, 7) is 0. The minimum absolute atomic E-state index is 0.626. The van der Waals surface area contributed by atoms with Gasteiger partial charge in [-0.15, -0.1) is 10.2 Å². The average molecular weight is 316 g/mol. The molecule has 7 heteroatoms. The summed E-state index contributed by atoms with van der Waals surface area (Å²) in [5.41, 5.74) is 3.62. The number of hydrogen-bond acceptors (Lipinski definition) is 5. The van der Waals surface area contributed by atoms with E-state index in [4.69, 9.17) is 4.63 Å². The molecule has 0 saturated heterocycles. The van der Waals surface area contributed by atoms with Crippen LogP contribution in [0.15, 0.2) is 45.5 Å². The second kappa shape index (κ2) is 3.86. The molecule has 2 aromatic carbocycles. The summed E-state index contributed by atoms with van der Waals surface area (Å²) >= 11 is 3.40. The Bertz CT molecular complexity index is 880. The number of halogens is 1. The van der Waals surface area contributed by atoms with Gasteiger partial charge in [-0.3, -0.25) is 0 Å². The van der Waals surface area contributed by atoms with E-state index in [1.54, 1.807) is 4.80 Å². The van der Waals surface area contributed by atoms with Crippen LogP contribution in [-0.2, 0) is 0 Å². The molecular weight excluding hydrogens is 310 g/mol. The molecular formula is C12H6BrN5O. The van der Waals surface area contributed by atoms with Gasteiger partial charge in [0.2, 0.25) is 0 Å². The summed E-state index contributed by atoms with van der Waals surface area (Å²) in [6, 6.07) is 11.4. The molecule has 0 aliphatic heterocycles. The molecule has 2 heterocycles. The zero-order valence-electron chi connectivity index (χ0n) is 9.49. The molecule has 0 atom stereocenters. The van der Waals surface area contributed by atoms with Crippen LogP contribution in [0.2, 0.25) is 0 Å². The molecule has 92 valence electrons. The van der Waals surface area contributed by atoms with E-state index >= 15 is 0 Å². The molecule has 0 N–H and O–H groups in total. The molecule has 0 spiro atoms. The zero-order chi connectivity index (χ0) is 12.8. The number of hydrogen-bond donors (Lipinski definition) is 0. The van der Waals surface area contributed by atoms with Crippen LogP contribution in [0.3, 0.4) is 0 Å². The van der Waals surface area contributed by atoms with Crippen molar-refractivity contribution in [2.75, 3.05) is 0 Å². The van der Waals surface area contributed by atoms with E-state index < -0.39 is 0 Å². The molecule has 0 radical (unpaired) electrons. The lowest BCUT2D eigenvalue weighted by Gasteiger charge is -1.97. The molecule has 0 aliphatic carbocycles. The summed E-state index contributed by atoms with van der Waals surface area (Å²) in [5.74, 6) is 0. The molecule has 19 heavy (non-hydrogen) atoms. The molecule has 2 aromatic heterocycles. The highest BCUT2D eigenvalue weighted by Gasteiger charge is 2.11. The van der Waals surface area contributed by atoms with Crippen molar-refractivity contribution in [1.29, 1.82) is 0 Å². The van der Waals surface area contributed by atoms with E-state index in [9.17, 15) is 0 Å². The zero-order valence-corrected chi connectivity index (χ0v) is 11.1. The van der Waals surface area contributed by atoms with Crippen LogP contribution < -0.4 is 0 Å². The maximum atomic E-state index is 4.72. The lowest BCUT2D eigenvalue weighted by atomic mass is 10.3. The Morgan fingerprint density at radius 3 is 2.47 bits per heavy atom. The van der Waals surface area contributed by atoms with Gasteiger partial charge in [0, 0.05) is 4.47 Å². The number of aromatic nitrogens is 5. The highest BCUT2D eigenvalue weighted by atomic mass is 79.9. The molecule has 0 saturated carbocycles. The van der Waals surface area contributed by atoms with Crippen molar-refractivity contribution in [3.63, 3.8) is 0 Å². The topological polar surface area (TPSA) is 69.6 Å². The standard InChI is InChI=1S/C12H6BrN5O/c13-7-1-3-8(4-2-7)18-14-9-5-6-10-12(11(9)15-18)17-19-16-10/h1-6H. The molecule has 6 nitrogen and oxygen atoms in total. The summed E-state index contributed by atoms with van der Waals surface area (Å²) in [7, 11) is 0. The van der Waals surface area contributed by atoms with Crippen molar-refractivity contribution in [2.45, 2.75) is 0 Å². The summed E-state index contributed by atoms with van der Waals surface area (Å²) in [4.78, 5) is 1.57. The van der Waals surface area contributed by atoms with Crippen LogP contribution in [0, 0.1) is 0 Å². The van der Waals surface area contributed by atoms with Gasteiger partial charge in [0.05, 0.1) is 5.69 Å². The van der Waals surface area contributed by atoms with Crippen molar-refractivity contribution >= 4 is 38.0 Å². The summed E-state index contributed by atoms with van der Waals surface area (Å²) in [5, 5.41) is 16.5. The van der Waals surface area contributed by atoms with E-state index in [2.05, 4.69) is 36.4 Å². The van der Waals surface area contributed by atoms with Gasteiger partial charge in [-0.25, -0.2) is 4.63 Å². The fourth-order valence-electron chi connectivity index (χ4n) is 1.92. The van der Waals surface area contributed by atoms with E-state index in [0.717, 1.165) is 15.7 Å². The van der Waals surface area contributed by atoms with Gasteiger partial charge >= 0.3 is 0 Å². The van der Waals surface area contributed by atoms with Gasteiger partial charge in [0.25, 0.3) is 0 Å². The van der Waals surface area contributed by atoms with Gasteiger partial charge in [-0.2, -0.15) is 4.80 Å². The summed E-state index contributed by atoms with van der Waals surface area (Å²) < 4.78 is 5.73. The van der Waals surface area contributed by atoms with Crippen LogP contribution in [-0.4, -0.2) is 25.3 Å². The Morgan fingerprint density at radius 2 is 1.63 bits per heavy atom. The molecule has 0 unspecified atom stereocenters. The van der Waals surface area contributed by atoms with E-state index in [-0.39, 0.29) is 0 Å². The molecule has 0 fully saturated rings. The molecule has 0 aliphatic rings. The number of fused-ring (bicyclic) bond motifs is 3. The Labute approximate surface area is 115 Å². The van der Waals surface area contributed by atoms with Crippen LogP contribution in [0.25, 0.3) is 27.8 Å².